The van der Waals surface area contributed by atoms with Crippen LogP contribution in [0.2, 0.25) is 0 Å². The number of hydrogen-bond donors (Lipinski definition) is 1. The van der Waals surface area contributed by atoms with Crippen molar-refractivity contribution in [3.63, 3.8) is 0 Å². The number of hydrogen-bond acceptors (Lipinski definition) is 1. The molecule has 1 N–H and O–H groups in total. The molecule has 1 saturated carbocycles. The third-order valence-corrected chi connectivity index (χ3v) is 2.89. The van der Waals surface area contributed by atoms with Crippen molar-refractivity contribution in [2.45, 2.75) is 32.2 Å². The Hall–Kier alpha value is -1.15. The molecular formula is C14H18FN. The molecule has 2 rings (SSSR count). The van der Waals surface area contributed by atoms with Crippen molar-refractivity contribution in [3.8, 4) is 0 Å². The van der Waals surface area contributed by atoms with Gasteiger partial charge in [-0.1, -0.05) is 18.2 Å². The Bertz CT molecular complexity index is 380. The fourth-order valence-corrected chi connectivity index (χ4v) is 1.72. The van der Waals surface area contributed by atoms with Gasteiger partial charge >= 0.3 is 0 Å². The second kappa shape index (κ2) is 5.26. The smallest absolute Gasteiger partial charge is 0.123 e. The van der Waals surface area contributed by atoms with Gasteiger partial charge in [-0.05, 0) is 56.0 Å². The van der Waals surface area contributed by atoms with Gasteiger partial charge in [0, 0.05) is 6.04 Å². The van der Waals surface area contributed by atoms with Gasteiger partial charge in [0.1, 0.15) is 5.82 Å². The summed E-state index contributed by atoms with van der Waals surface area (Å²) in [6.45, 7) is 3.06. The lowest BCUT2D eigenvalue weighted by atomic mass is 10.1. The molecule has 1 fully saturated rings. The fraction of sp³-hybridized carbons (Fsp3) is 0.429. The van der Waals surface area contributed by atoms with E-state index in [1.165, 1.54) is 18.9 Å². The molecule has 1 nitrogen and oxygen atoms in total. The second-order valence-electron chi connectivity index (χ2n) is 4.41. The highest BCUT2D eigenvalue weighted by molar-refractivity contribution is 5.63. The average Bonchev–Trinajstić information content (AvgIpc) is 3.08. The van der Waals surface area contributed by atoms with E-state index >= 15 is 0 Å². The minimum Gasteiger partial charge on any atom is -0.314 e. The lowest BCUT2D eigenvalue weighted by molar-refractivity contribution is 0.627. The summed E-state index contributed by atoms with van der Waals surface area (Å²) in [4.78, 5) is 0. The summed E-state index contributed by atoms with van der Waals surface area (Å²) in [5, 5.41) is 3.46. The van der Waals surface area contributed by atoms with Crippen LogP contribution in [0.25, 0.3) is 5.57 Å². The van der Waals surface area contributed by atoms with Crippen molar-refractivity contribution in [3.05, 3.63) is 41.7 Å². The van der Waals surface area contributed by atoms with Crippen molar-refractivity contribution in [2.75, 3.05) is 6.54 Å². The normalized spacial score (nSPS) is 16.5. The molecule has 1 aliphatic carbocycles. The van der Waals surface area contributed by atoms with Crippen LogP contribution in [0.15, 0.2) is 30.3 Å². The number of halogens is 1. The minimum absolute atomic E-state index is 0.165. The molecule has 0 heterocycles. The van der Waals surface area contributed by atoms with Crippen LogP contribution in [0, 0.1) is 5.82 Å². The van der Waals surface area contributed by atoms with Gasteiger partial charge in [0.2, 0.25) is 0 Å². The first-order chi connectivity index (χ1) is 7.75. The molecular weight excluding hydrogens is 201 g/mol. The predicted molar refractivity (Wildman–Crippen MR) is 65.7 cm³/mol. The van der Waals surface area contributed by atoms with Crippen molar-refractivity contribution >= 4 is 5.57 Å². The van der Waals surface area contributed by atoms with E-state index in [9.17, 15) is 4.39 Å². The molecule has 0 saturated heterocycles. The standard InChI is InChI=1S/C14H18FN/c1-11(4-3-9-16-14-7-8-14)12-5-2-6-13(15)10-12/h2,4-6,10,14,16H,3,7-9H2,1H3. The Morgan fingerprint density at radius 1 is 1.50 bits per heavy atom. The zero-order valence-electron chi connectivity index (χ0n) is 9.67. The highest BCUT2D eigenvalue weighted by Crippen LogP contribution is 2.19. The minimum atomic E-state index is -0.165. The van der Waals surface area contributed by atoms with Crippen molar-refractivity contribution < 1.29 is 4.39 Å². The lowest BCUT2D eigenvalue weighted by Gasteiger charge is -2.03. The van der Waals surface area contributed by atoms with E-state index in [-0.39, 0.29) is 5.82 Å². The first-order valence-electron chi connectivity index (χ1n) is 5.92. The molecule has 0 atom stereocenters. The molecule has 16 heavy (non-hydrogen) atoms. The van der Waals surface area contributed by atoms with E-state index in [0.717, 1.165) is 30.1 Å². The predicted octanol–water partition coefficient (Wildman–Crippen LogP) is 3.37. The van der Waals surface area contributed by atoms with E-state index in [0.29, 0.717) is 0 Å². The van der Waals surface area contributed by atoms with Crippen LogP contribution in [0.4, 0.5) is 4.39 Å². The van der Waals surface area contributed by atoms with Gasteiger partial charge in [0.15, 0.2) is 0 Å². The maximum atomic E-state index is 13.0. The van der Waals surface area contributed by atoms with Crippen molar-refractivity contribution in [1.82, 2.24) is 5.32 Å². The Labute approximate surface area is 96.4 Å². The third kappa shape index (κ3) is 3.46. The van der Waals surface area contributed by atoms with Crippen LogP contribution in [0.1, 0.15) is 31.7 Å². The number of allylic oxidation sites excluding steroid dienone is 1. The van der Waals surface area contributed by atoms with Gasteiger partial charge in [0.05, 0.1) is 0 Å². The summed E-state index contributed by atoms with van der Waals surface area (Å²) < 4.78 is 13.0. The van der Waals surface area contributed by atoms with E-state index in [1.807, 2.05) is 13.0 Å². The maximum absolute atomic E-state index is 13.0. The summed E-state index contributed by atoms with van der Waals surface area (Å²) >= 11 is 0. The van der Waals surface area contributed by atoms with Crippen molar-refractivity contribution in [2.24, 2.45) is 0 Å². The van der Waals surface area contributed by atoms with Crippen LogP contribution in [-0.4, -0.2) is 12.6 Å². The lowest BCUT2D eigenvalue weighted by Crippen LogP contribution is -2.16. The van der Waals surface area contributed by atoms with E-state index in [2.05, 4.69) is 11.4 Å². The van der Waals surface area contributed by atoms with Gasteiger partial charge in [-0.3, -0.25) is 0 Å². The highest BCUT2D eigenvalue weighted by Gasteiger charge is 2.19. The van der Waals surface area contributed by atoms with Crippen LogP contribution >= 0.6 is 0 Å². The molecule has 86 valence electrons. The number of rotatable bonds is 5. The summed E-state index contributed by atoms with van der Waals surface area (Å²) in [5.41, 5.74) is 2.13. The maximum Gasteiger partial charge on any atom is 0.123 e. The summed E-state index contributed by atoms with van der Waals surface area (Å²) in [6.07, 6.45) is 5.84. The number of nitrogens with one attached hydrogen (secondary N) is 1. The van der Waals surface area contributed by atoms with Gasteiger partial charge in [0.25, 0.3) is 0 Å². The van der Waals surface area contributed by atoms with E-state index in [1.54, 1.807) is 12.1 Å². The number of benzene rings is 1. The van der Waals surface area contributed by atoms with E-state index < -0.39 is 0 Å². The Morgan fingerprint density at radius 2 is 2.31 bits per heavy atom. The Kier molecular flexibility index (Phi) is 3.73. The Morgan fingerprint density at radius 3 is 3.00 bits per heavy atom. The molecule has 1 aromatic carbocycles. The highest BCUT2D eigenvalue weighted by atomic mass is 19.1. The molecule has 0 spiro atoms. The molecule has 1 aliphatic rings. The molecule has 0 aromatic heterocycles. The summed E-state index contributed by atoms with van der Waals surface area (Å²) in [6, 6.07) is 7.53. The Balaban J connectivity index is 1.84. The summed E-state index contributed by atoms with van der Waals surface area (Å²) in [5.74, 6) is -0.165. The molecule has 0 bridgehead atoms. The topological polar surface area (TPSA) is 12.0 Å². The van der Waals surface area contributed by atoms with Gasteiger partial charge in [-0.2, -0.15) is 0 Å². The van der Waals surface area contributed by atoms with Gasteiger partial charge in [-0.15, -0.1) is 0 Å². The molecule has 0 unspecified atom stereocenters. The summed E-state index contributed by atoms with van der Waals surface area (Å²) in [7, 11) is 0. The zero-order chi connectivity index (χ0) is 11.4. The molecule has 0 aliphatic heterocycles. The molecule has 2 heteroatoms. The zero-order valence-corrected chi connectivity index (χ0v) is 9.67. The van der Waals surface area contributed by atoms with Gasteiger partial charge in [-0.25, -0.2) is 4.39 Å². The van der Waals surface area contributed by atoms with Gasteiger partial charge < -0.3 is 5.32 Å². The first-order valence-corrected chi connectivity index (χ1v) is 5.92. The molecule has 1 aromatic rings. The van der Waals surface area contributed by atoms with Crippen LogP contribution in [-0.2, 0) is 0 Å². The molecule has 0 amide bonds. The van der Waals surface area contributed by atoms with Crippen molar-refractivity contribution in [1.29, 1.82) is 0 Å². The monoisotopic (exact) mass is 219 g/mol. The average molecular weight is 219 g/mol. The van der Waals surface area contributed by atoms with Crippen LogP contribution in [0.3, 0.4) is 0 Å². The first kappa shape index (κ1) is 11.3. The van der Waals surface area contributed by atoms with Crippen LogP contribution < -0.4 is 5.32 Å². The third-order valence-electron chi connectivity index (χ3n) is 2.89. The molecule has 0 radical (unpaired) electrons. The largest absolute Gasteiger partial charge is 0.314 e. The van der Waals surface area contributed by atoms with E-state index in [4.69, 9.17) is 0 Å². The SMILES string of the molecule is CC(=CCCNC1CC1)c1cccc(F)c1. The quantitative estimate of drug-likeness (QED) is 0.749. The van der Waals surface area contributed by atoms with Crippen LogP contribution in [0.5, 0.6) is 0 Å². The second-order valence-corrected chi connectivity index (χ2v) is 4.41. The fourth-order valence-electron chi connectivity index (χ4n) is 1.72.